The van der Waals surface area contributed by atoms with Gasteiger partial charge in [0.25, 0.3) is 5.91 Å². The zero-order valence-electron chi connectivity index (χ0n) is 17.0. The number of nitrogens with zero attached hydrogens (tertiary/aromatic N) is 1. The molecule has 0 aromatic heterocycles. The first-order valence-corrected chi connectivity index (χ1v) is 11.2. The predicted molar refractivity (Wildman–Crippen MR) is 116 cm³/mol. The SMILES string of the molecule is CC[C@H](Oc1ccc(N(C)S(C)(=O)=O)cc1)C(=O)Nc1ccc(Cl)c(C(=O)OC)c1. The topological polar surface area (TPSA) is 102 Å². The first-order valence-electron chi connectivity index (χ1n) is 8.96. The zero-order valence-corrected chi connectivity index (χ0v) is 18.6. The van der Waals surface area contributed by atoms with Crippen LogP contribution in [0.3, 0.4) is 0 Å². The van der Waals surface area contributed by atoms with Gasteiger partial charge in [0.05, 0.1) is 29.6 Å². The Morgan fingerprint density at radius 2 is 1.80 bits per heavy atom. The second kappa shape index (κ2) is 9.82. The normalized spacial score (nSPS) is 12.0. The average molecular weight is 455 g/mol. The molecule has 1 amide bonds. The number of hydrogen-bond acceptors (Lipinski definition) is 6. The molecule has 1 atom stereocenters. The van der Waals surface area contributed by atoms with Crippen LogP contribution in [0.5, 0.6) is 5.75 Å². The third kappa shape index (κ3) is 5.87. The van der Waals surface area contributed by atoms with Crippen LogP contribution in [-0.2, 0) is 19.6 Å². The number of esters is 1. The number of anilines is 2. The van der Waals surface area contributed by atoms with Crippen LogP contribution < -0.4 is 14.4 Å². The van der Waals surface area contributed by atoms with Crippen molar-refractivity contribution in [3.8, 4) is 5.75 Å². The Balaban J connectivity index is 2.11. The Morgan fingerprint density at radius 1 is 1.17 bits per heavy atom. The Bertz CT molecular complexity index is 1020. The number of methoxy groups -OCH3 is 1. The van der Waals surface area contributed by atoms with Crippen LogP contribution in [0, 0.1) is 0 Å². The predicted octanol–water partition coefficient (Wildman–Crippen LogP) is 3.32. The minimum absolute atomic E-state index is 0.136. The second-order valence-electron chi connectivity index (χ2n) is 6.41. The number of nitrogens with one attached hydrogen (secondary N) is 1. The molecule has 2 rings (SSSR count). The molecule has 162 valence electrons. The van der Waals surface area contributed by atoms with E-state index in [-0.39, 0.29) is 10.6 Å². The van der Waals surface area contributed by atoms with Crippen molar-refractivity contribution in [3.05, 3.63) is 53.1 Å². The number of halogens is 1. The van der Waals surface area contributed by atoms with Gasteiger partial charge in [-0.1, -0.05) is 18.5 Å². The zero-order chi connectivity index (χ0) is 22.5. The highest BCUT2D eigenvalue weighted by atomic mass is 35.5. The number of carbonyl (C=O) groups excluding carboxylic acids is 2. The second-order valence-corrected chi connectivity index (χ2v) is 8.84. The molecule has 0 aliphatic heterocycles. The maximum absolute atomic E-state index is 12.6. The third-order valence-electron chi connectivity index (χ3n) is 4.28. The summed E-state index contributed by atoms with van der Waals surface area (Å²) in [5.41, 5.74) is 0.979. The summed E-state index contributed by atoms with van der Waals surface area (Å²) < 4.78 is 34.8. The Labute approximate surface area is 180 Å². The van der Waals surface area contributed by atoms with E-state index in [0.29, 0.717) is 23.5 Å². The van der Waals surface area contributed by atoms with Gasteiger partial charge in [-0.05, 0) is 48.9 Å². The number of ether oxygens (including phenoxy) is 2. The minimum atomic E-state index is -3.37. The van der Waals surface area contributed by atoms with Gasteiger partial charge in [0, 0.05) is 12.7 Å². The lowest BCUT2D eigenvalue weighted by atomic mass is 10.2. The molecule has 30 heavy (non-hydrogen) atoms. The van der Waals surface area contributed by atoms with Gasteiger partial charge in [0.15, 0.2) is 6.10 Å². The van der Waals surface area contributed by atoms with E-state index in [2.05, 4.69) is 10.1 Å². The maximum atomic E-state index is 12.6. The molecule has 0 fully saturated rings. The largest absolute Gasteiger partial charge is 0.481 e. The Hall–Kier alpha value is -2.78. The van der Waals surface area contributed by atoms with Crippen molar-refractivity contribution in [2.24, 2.45) is 0 Å². The summed E-state index contributed by atoms with van der Waals surface area (Å²) in [6.45, 7) is 1.79. The van der Waals surface area contributed by atoms with Gasteiger partial charge < -0.3 is 14.8 Å². The molecule has 0 heterocycles. The molecule has 2 aromatic rings. The van der Waals surface area contributed by atoms with Crippen LogP contribution in [0.15, 0.2) is 42.5 Å². The lowest BCUT2D eigenvalue weighted by Gasteiger charge is -2.19. The van der Waals surface area contributed by atoms with Gasteiger partial charge in [-0.2, -0.15) is 0 Å². The van der Waals surface area contributed by atoms with Crippen molar-refractivity contribution >= 4 is 44.9 Å². The molecule has 0 aliphatic rings. The van der Waals surface area contributed by atoms with E-state index in [9.17, 15) is 18.0 Å². The molecule has 0 bridgehead atoms. The van der Waals surface area contributed by atoms with Crippen LogP contribution in [0.4, 0.5) is 11.4 Å². The number of sulfonamides is 1. The van der Waals surface area contributed by atoms with Crippen LogP contribution in [-0.4, -0.2) is 46.8 Å². The van der Waals surface area contributed by atoms with Crippen molar-refractivity contribution in [2.45, 2.75) is 19.4 Å². The van der Waals surface area contributed by atoms with Gasteiger partial charge in [0.1, 0.15) is 5.75 Å². The summed E-state index contributed by atoms with van der Waals surface area (Å²) in [4.78, 5) is 24.4. The van der Waals surface area contributed by atoms with Crippen molar-refractivity contribution < 1.29 is 27.5 Å². The van der Waals surface area contributed by atoms with E-state index in [1.165, 1.54) is 26.3 Å². The Morgan fingerprint density at radius 3 is 2.33 bits per heavy atom. The van der Waals surface area contributed by atoms with Crippen LogP contribution in [0.2, 0.25) is 5.02 Å². The van der Waals surface area contributed by atoms with Gasteiger partial charge in [0.2, 0.25) is 10.0 Å². The van der Waals surface area contributed by atoms with Gasteiger partial charge in [-0.25, -0.2) is 13.2 Å². The number of benzene rings is 2. The van der Waals surface area contributed by atoms with E-state index in [0.717, 1.165) is 10.6 Å². The van der Waals surface area contributed by atoms with E-state index in [1.807, 2.05) is 0 Å². The lowest BCUT2D eigenvalue weighted by molar-refractivity contribution is -0.122. The van der Waals surface area contributed by atoms with E-state index in [1.54, 1.807) is 37.3 Å². The molecule has 8 nitrogen and oxygen atoms in total. The molecule has 2 aromatic carbocycles. The minimum Gasteiger partial charge on any atom is -0.481 e. The Kier molecular flexibility index (Phi) is 7.69. The molecule has 10 heteroatoms. The van der Waals surface area contributed by atoms with Crippen LogP contribution in [0.25, 0.3) is 0 Å². The van der Waals surface area contributed by atoms with Crippen LogP contribution in [0.1, 0.15) is 23.7 Å². The van der Waals surface area contributed by atoms with Crippen LogP contribution >= 0.6 is 11.6 Å². The highest BCUT2D eigenvalue weighted by Gasteiger charge is 2.20. The third-order valence-corrected chi connectivity index (χ3v) is 5.81. The van der Waals surface area contributed by atoms with Gasteiger partial charge >= 0.3 is 5.97 Å². The molecular weight excluding hydrogens is 432 g/mol. The van der Waals surface area contributed by atoms with E-state index >= 15 is 0 Å². The fourth-order valence-electron chi connectivity index (χ4n) is 2.50. The first-order chi connectivity index (χ1) is 14.1. The van der Waals surface area contributed by atoms with Crippen molar-refractivity contribution in [1.82, 2.24) is 0 Å². The monoisotopic (exact) mass is 454 g/mol. The summed E-state index contributed by atoms with van der Waals surface area (Å²) in [7, 11) is -0.687. The number of hydrogen-bond donors (Lipinski definition) is 1. The molecular formula is C20H23ClN2O6S. The summed E-state index contributed by atoms with van der Waals surface area (Å²) in [5.74, 6) is -0.611. The van der Waals surface area contributed by atoms with E-state index in [4.69, 9.17) is 16.3 Å². The molecule has 0 saturated carbocycles. The quantitative estimate of drug-likeness (QED) is 0.614. The van der Waals surface area contributed by atoms with Crippen molar-refractivity contribution in [2.75, 3.05) is 30.0 Å². The van der Waals surface area contributed by atoms with Gasteiger partial charge in [-0.15, -0.1) is 0 Å². The smallest absolute Gasteiger partial charge is 0.339 e. The fourth-order valence-corrected chi connectivity index (χ4v) is 3.20. The van der Waals surface area contributed by atoms with Crippen molar-refractivity contribution in [3.63, 3.8) is 0 Å². The molecule has 0 unspecified atom stereocenters. The summed E-state index contributed by atoms with van der Waals surface area (Å²) >= 11 is 5.99. The molecule has 0 saturated heterocycles. The fraction of sp³-hybridized carbons (Fsp3) is 0.300. The number of amides is 1. The summed E-state index contributed by atoms with van der Waals surface area (Å²) in [6.07, 6.45) is 0.687. The standard InChI is InChI=1S/C20H23ClN2O6S/c1-5-18(29-15-9-7-14(8-10-15)23(2)30(4,26)27)19(24)22-13-6-11-17(21)16(12-13)20(25)28-3/h6-12,18H,5H2,1-4H3,(H,22,24)/t18-/m0/s1. The van der Waals surface area contributed by atoms with Gasteiger partial charge in [-0.3, -0.25) is 9.10 Å². The first kappa shape index (κ1) is 23.5. The summed E-state index contributed by atoms with van der Waals surface area (Å²) in [5, 5.41) is 2.90. The highest BCUT2D eigenvalue weighted by molar-refractivity contribution is 7.92. The molecule has 0 aliphatic carbocycles. The summed E-state index contributed by atoms with van der Waals surface area (Å²) in [6, 6.07) is 10.8. The lowest BCUT2D eigenvalue weighted by Crippen LogP contribution is -2.32. The number of carbonyl (C=O) groups is 2. The average Bonchev–Trinajstić information content (AvgIpc) is 2.71. The van der Waals surface area contributed by atoms with E-state index < -0.39 is 28.0 Å². The van der Waals surface area contributed by atoms with Crippen molar-refractivity contribution in [1.29, 1.82) is 0 Å². The highest BCUT2D eigenvalue weighted by Crippen LogP contribution is 2.24. The molecule has 0 radical (unpaired) electrons. The molecule has 0 spiro atoms. The molecule has 1 N–H and O–H groups in total. The number of rotatable bonds is 8. The maximum Gasteiger partial charge on any atom is 0.339 e.